The Labute approximate surface area is 205 Å². The molecule has 0 saturated carbocycles. The van der Waals surface area contributed by atoms with Crippen molar-refractivity contribution in [1.82, 2.24) is 24.2 Å². The minimum absolute atomic E-state index is 0.136. The van der Waals surface area contributed by atoms with Gasteiger partial charge in [-0.05, 0) is 37.8 Å². The number of fused-ring (bicyclic) bond motifs is 2. The van der Waals surface area contributed by atoms with Crippen LogP contribution in [-0.2, 0) is 29.8 Å². The van der Waals surface area contributed by atoms with Gasteiger partial charge in [-0.3, -0.25) is 19.1 Å². The fourth-order valence-electron chi connectivity index (χ4n) is 4.39. The number of carbonyl (C=O) groups is 1. The summed E-state index contributed by atoms with van der Waals surface area (Å²) in [5.41, 5.74) is 1.89. The number of rotatable bonds is 4. The van der Waals surface area contributed by atoms with Crippen LogP contribution in [0.3, 0.4) is 0 Å². The van der Waals surface area contributed by atoms with E-state index in [-0.39, 0.29) is 5.41 Å². The lowest BCUT2D eigenvalue weighted by Crippen LogP contribution is -2.45. The molecule has 0 bridgehead atoms. The molecule has 0 aromatic carbocycles. The zero-order valence-electron chi connectivity index (χ0n) is 18.6. The highest BCUT2D eigenvalue weighted by Crippen LogP contribution is 2.41. The molecular formula is C21H22F3N5O4S2. The first-order valence-electron chi connectivity index (χ1n) is 10.7. The second-order valence-corrected chi connectivity index (χ2v) is 10.4. The van der Waals surface area contributed by atoms with Crippen LogP contribution in [-0.4, -0.2) is 54.6 Å². The quantitative estimate of drug-likeness (QED) is 0.517. The van der Waals surface area contributed by atoms with E-state index in [1.165, 1.54) is 9.56 Å². The maximum absolute atomic E-state index is 12.7. The Morgan fingerprint density at radius 1 is 1.17 bits per heavy atom. The van der Waals surface area contributed by atoms with Gasteiger partial charge in [-0.15, -0.1) is 22.7 Å². The summed E-state index contributed by atoms with van der Waals surface area (Å²) in [5, 5.41) is 13.8. The van der Waals surface area contributed by atoms with E-state index in [2.05, 4.69) is 9.88 Å². The molecule has 5 heterocycles. The van der Waals surface area contributed by atoms with E-state index in [4.69, 9.17) is 15.0 Å². The molecule has 1 atom stereocenters. The third-order valence-electron chi connectivity index (χ3n) is 6.20. The predicted octanol–water partition coefficient (Wildman–Crippen LogP) is 2.46. The first-order valence-corrected chi connectivity index (χ1v) is 12.4. The minimum atomic E-state index is -5.08. The van der Waals surface area contributed by atoms with E-state index < -0.39 is 23.3 Å². The van der Waals surface area contributed by atoms with Crippen LogP contribution < -0.4 is 11.1 Å². The topological polar surface area (TPSA) is 110 Å². The fraction of sp³-hybridized carbons (Fsp3) is 0.476. The molecule has 5 rings (SSSR count). The highest BCUT2D eigenvalue weighted by atomic mass is 32.1. The van der Waals surface area contributed by atoms with Crippen LogP contribution in [0.4, 0.5) is 13.2 Å². The number of nitrogens with zero attached hydrogens (tertiary/aromatic N) is 5. The Kier molecular flexibility index (Phi) is 6.97. The maximum Gasteiger partial charge on any atom is 0.490 e. The predicted molar refractivity (Wildman–Crippen MR) is 123 cm³/mol. The highest BCUT2D eigenvalue weighted by molar-refractivity contribution is 7.10. The van der Waals surface area contributed by atoms with Gasteiger partial charge in [0.25, 0.3) is 0 Å². The van der Waals surface area contributed by atoms with Gasteiger partial charge in [0.15, 0.2) is 0 Å². The molecule has 1 saturated heterocycles. The molecule has 0 aliphatic carbocycles. The number of carboxylic acid groups (broad SMARTS) is 1. The maximum atomic E-state index is 12.7. The van der Waals surface area contributed by atoms with Crippen molar-refractivity contribution in [3.8, 4) is 0 Å². The van der Waals surface area contributed by atoms with Crippen molar-refractivity contribution in [2.24, 2.45) is 0 Å². The zero-order valence-corrected chi connectivity index (χ0v) is 20.3. The summed E-state index contributed by atoms with van der Waals surface area (Å²) in [5.74, 6) is -1.97. The van der Waals surface area contributed by atoms with Crippen molar-refractivity contribution in [2.75, 3.05) is 13.1 Å². The molecule has 2 aliphatic heterocycles. The van der Waals surface area contributed by atoms with Gasteiger partial charge in [0.1, 0.15) is 5.82 Å². The molecule has 188 valence electrons. The Bertz CT molecular complexity index is 1330. The average Bonchev–Trinajstić information content (AvgIpc) is 3.58. The highest BCUT2D eigenvalue weighted by Gasteiger charge is 2.47. The number of likely N-dealkylation sites (tertiary alicyclic amines) is 1. The first-order chi connectivity index (χ1) is 16.5. The lowest BCUT2D eigenvalue weighted by atomic mass is 9.85. The van der Waals surface area contributed by atoms with Crippen molar-refractivity contribution >= 4 is 28.6 Å². The smallest absolute Gasteiger partial charge is 0.475 e. The first kappa shape index (κ1) is 25.3. The van der Waals surface area contributed by atoms with E-state index >= 15 is 0 Å². The second kappa shape index (κ2) is 9.66. The summed E-state index contributed by atoms with van der Waals surface area (Å²) in [4.78, 5) is 43.2. The van der Waals surface area contributed by atoms with Crippen LogP contribution >= 0.6 is 22.7 Å². The number of carboxylic acids is 1. The molecule has 1 fully saturated rings. The number of thiazole rings is 1. The summed E-state index contributed by atoms with van der Waals surface area (Å²) in [6.45, 7) is 5.72. The van der Waals surface area contributed by atoms with Crippen LogP contribution in [0.2, 0.25) is 0 Å². The van der Waals surface area contributed by atoms with E-state index in [1.807, 2.05) is 29.9 Å². The monoisotopic (exact) mass is 529 g/mol. The molecule has 0 radical (unpaired) electrons. The Balaban J connectivity index is 0.000000364. The van der Waals surface area contributed by atoms with Gasteiger partial charge in [0.2, 0.25) is 0 Å². The number of halogens is 3. The van der Waals surface area contributed by atoms with Gasteiger partial charge in [0.05, 0.1) is 17.7 Å². The average molecular weight is 530 g/mol. The van der Waals surface area contributed by atoms with Crippen LogP contribution in [0.15, 0.2) is 32.6 Å². The molecular weight excluding hydrogens is 507 g/mol. The largest absolute Gasteiger partial charge is 0.490 e. The number of thiophene rings is 1. The summed E-state index contributed by atoms with van der Waals surface area (Å²) in [6, 6.07) is 3.91. The third kappa shape index (κ3) is 5.23. The molecule has 0 amide bonds. The van der Waals surface area contributed by atoms with Crippen molar-refractivity contribution < 1.29 is 23.1 Å². The number of aliphatic carboxylic acids is 1. The van der Waals surface area contributed by atoms with Gasteiger partial charge in [0, 0.05) is 34.8 Å². The second-order valence-electron chi connectivity index (χ2n) is 8.48. The van der Waals surface area contributed by atoms with Crippen LogP contribution in [0.25, 0.3) is 0 Å². The van der Waals surface area contributed by atoms with E-state index in [0.717, 1.165) is 48.9 Å². The summed E-state index contributed by atoms with van der Waals surface area (Å²) < 4.78 is 34.7. The number of hydrogen-bond donors (Lipinski definition) is 1. The number of hydrogen-bond acceptors (Lipinski definition) is 8. The van der Waals surface area contributed by atoms with Crippen LogP contribution in [0, 0.1) is 6.92 Å². The SMILES string of the molecule is Cc1ncsc1CN1CCC2(CCn3c2nn(Cc2cccs2)c(=O)c3=O)C1.O=C(O)C(F)(F)F. The molecule has 14 heteroatoms. The van der Waals surface area contributed by atoms with Crippen LogP contribution in [0.5, 0.6) is 0 Å². The lowest BCUT2D eigenvalue weighted by molar-refractivity contribution is -0.192. The number of aryl methyl sites for hydroxylation is 1. The normalized spacial score (nSPS) is 19.5. The van der Waals surface area contributed by atoms with Gasteiger partial charge in [-0.25, -0.2) is 14.5 Å². The van der Waals surface area contributed by atoms with Gasteiger partial charge >= 0.3 is 23.3 Å². The van der Waals surface area contributed by atoms with Crippen molar-refractivity contribution in [2.45, 2.75) is 51.0 Å². The third-order valence-corrected chi connectivity index (χ3v) is 7.98. The van der Waals surface area contributed by atoms with Gasteiger partial charge < -0.3 is 5.11 Å². The van der Waals surface area contributed by atoms with Gasteiger partial charge in [-0.1, -0.05) is 6.07 Å². The fourth-order valence-corrected chi connectivity index (χ4v) is 5.90. The molecule has 3 aromatic rings. The standard InChI is InChI=1S/C19H21N5O2S2.C2HF3O2/c1-13-15(28-12-20-13)10-22-6-4-19(11-22)5-7-23-16(25)17(26)24(21-18(19)23)9-14-3-2-8-27-14;3-2(4,5)1(6)7/h2-3,8,12H,4-7,9-11H2,1H3;(H,6,7). The number of alkyl halides is 3. The molecule has 2 aliphatic rings. The Morgan fingerprint density at radius 3 is 2.49 bits per heavy atom. The number of aromatic nitrogens is 4. The van der Waals surface area contributed by atoms with Crippen molar-refractivity contribution in [3.63, 3.8) is 0 Å². The molecule has 1 N–H and O–H groups in total. The van der Waals surface area contributed by atoms with Gasteiger partial charge in [-0.2, -0.15) is 18.3 Å². The van der Waals surface area contributed by atoms with Crippen molar-refractivity contribution in [3.05, 3.63) is 65.0 Å². The molecule has 3 aromatic heterocycles. The Hall–Kier alpha value is -2.84. The van der Waals surface area contributed by atoms with Crippen molar-refractivity contribution in [1.29, 1.82) is 0 Å². The van der Waals surface area contributed by atoms with E-state index in [0.29, 0.717) is 13.1 Å². The molecule has 1 spiro atoms. The molecule has 9 nitrogen and oxygen atoms in total. The minimum Gasteiger partial charge on any atom is -0.475 e. The summed E-state index contributed by atoms with van der Waals surface area (Å²) in [6.07, 6.45) is -3.25. The summed E-state index contributed by atoms with van der Waals surface area (Å²) in [7, 11) is 0. The zero-order chi connectivity index (χ0) is 25.4. The van der Waals surface area contributed by atoms with E-state index in [1.54, 1.807) is 27.2 Å². The van der Waals surface area contributed by atoms with E-state index in [9.17, 15) is 22.8 Å². The molecule has 1 unspecified atom stereocenters. The Morgan fingerprint density at radius 2 is 1.89 bits per heavy atom. The summed E-state index contributed by atoms with van der Waals surface area (Å²) >= 11 is 3.27. The van der Waals surface area contributed by atoms with Crippen LogP contribution in [0.1, 0.15) is 34.1 Å². The molecule has 35 heavy (non-hydrogen) atoms. The lowest BCUT2D eigenvalue weighted by Gasteiger charge is -2.23.